The maximum absolute atomic E-state index is 12.4. The molecule has 5 nitrogen and oxygen atoms in total. The van der Waals surface area contributed by atoms with Crippen molar-refractivity contribution in [2.45, 2.75) is 31.7 Å². The summed E-state index contributed by atoms with van der Waals surface area (Å²) in [4.78, 5) is 26.0. The maximum atomic E-state index is 12.4. The average Bonchev–Trinajstić information content (AvgIpc) is 3.46. The Bertz CT molecular complexity index is 847. The van der Waals surface area contributed by atoms with Gasteiger partial charge < -0.3 is 15.0 Å². The highest BCUT2D eigenvalue weighted by atomic mass is 35.5. The molecule has 146 valence electrons. The van der Waals surface area contributed by atoms with Crippen molar-refractivity contribution in [1.82, 2.24) is 5.32 Å². The number of halogens is 1. The number of ether oxygens (including phenoxy) is 1. The molecule has 2 aromatic carbocycles. The van der Waals surface area contributed by atoms with Crippen LogP contribution in [0.1, 0.15) is 37.3 Å². The van der Waals surface area contributed by atoms with Crippen molar-refractivity contribution in [2.24, 2.45) is 5.92 Å². The Morgan fingerprint density at radius 1 is 1.14 bits per heavy atom. The van der Waals surface area contributed by atoms with Crippen molar-refractivity contribution >= 4 is 29.1 Å². The van der Waals surface area contributed by atoms with Gasteiger partial charge in [-0.3, -0.25) is 9.59 Å². The Kier molecular flexibility index (Phi) is 5.53. The van der Waals surface area contributed by atoms with Gasteiger partial charge in [0, 0.05) is 23.7 Å². The highest BCUT2D eigenvalue weighted by Crippen LogP contribution is 2.41. The fourth-order valence-electron chi connectivity index (χ4n) is 3.58. The molecule has 2 aliphatic rings. The lowest BCUT2D eigenvalue weighted by molar-refractivity contribution is -0.124. The van der Waals surface area contributed by atoms with Crippen LogP contribution in [-0.4, -0.2) is 25.0 Å². The van der Waals surface area contributed by atoms with E-state index in [0.717, 1.165) is 37.1 Å². The van der Waals surface area contributed by atoms with Crippen LogP contribution in [0.3, 0.4) is 0 Å². The van der Waals surface area contributed by atoms with Gasteiger partial charge in [0.1, 0.15) is 5.75 Å². The number of hydrogen-bond donors (Lipinski definition) is 1. The summed E-state index contributed by atoms with van der Waals surface area (Å²) in [5.41, 5.74) is 1.94. The fraction of sp³-hybridized carbons (Fsp3) is 0.364. The minimum atomic E-state index is -0.148. The van der Waals surface area contributed by atoms with Crippen molar-refractivity contribution in [1.29, 1.82) is 0 Å². The number of nitrogens with zero attached hydrogens (tertiary/aromatic N) is 1. The van der Waals surface area contributed by atoms with Crippen molar-refractivity contribution in [3.05, 3.63) is 59.1 Å². The summed E-state index contributed by atoms with van der Waals surface area (Å²) in [6.07, 6.45) is 3.73. The van der Waals surface area contributed by atoms with Crippen LogP contribution in [0.5, 0.6) is 5.75 Å². The van der Waals surface area contributed by atoms with Gasteiger partial charge >= 0.3 is 0 Å². The van der Waals surface area contributed by atoms with Gasteiger partial charge in [-0.25, -0.2) is 0 Å². The van der Waals surface area contributed by atoms with Gasteiger partial charge in [0.15, 0.2) is 6.61 Å². The monoisotopic (exact) mass is 398 g/mol. The molecule has 1 unspecified atom stereocenters. The first kappa shape index (κ1) is 18.8. The zero-order chi connectivity index (χ0) is 19.5. The Balaban J connectivity index is 1.32. The van der Waals surface area contributed by atoms with E-state index in [1.807, 2.05) is 36.4 Å². The molecular weight excluding hydrogens is 376 g/mol. The third kappa shape index (κ3) is 4.47. The first-order valence-corrected chi connectivity index (χ1v) is 10.1. The molecule has 1 aliphatic carbocycles. The van der Waals surface area contributed by atoms with Crippen molar-refractivity contribution in [3.63, 3.8) is 0 Å². The first-order chi connectivity index (χ1) is 13.6. The Labute approximate surface area is 169 Å². The lowest BCUT2D eigenvalue weighted by atomic mass is 10.0. The van der Waals surface area contributed by atoms with Crippen molar-refractivity contribution in [3.8, 4) is 5.75 Å². The minimum absolute atomic E-state index is 0.00285. The van der Waals surface area contributed by atoms with Gasteiger partial charge in [0.25, 0.3) is 5.91 Å². The minimum Gasteiger partial charge on any atom is -0.484 e. The Hall–Kier alpha value is -2.53. The second-order valence-electron chi connectivity index (χ2n) is 7.37. The van der Waals surface area contributed by atoms with Gasteiger partial charge in [-0.15, -0.1) is 0 Å². The predicted octanol–water partition coefficient (Wildman–Crippen LogP) is 4.11. The third-order valence-electron chi connectivity index (χ3n) is 5.23. The van der Waals surface area contributed by atoms with E-state index in [0.29, 0.717) is 23.1 Å². The molecule has 1 N–H and O–H groups in total. The molecule has 0 spiro atoms. The van der Waals surface area contributed by atoms with Crippen LogP contribution < -0.4 is 15.0 Å². The van der Waals surface area contributed by atoms with E-state index in [9.17, 15) is 9.59 Å². The summed E-state index contributed by atoms with van der Waals surface area (Å²) in [5.74, 6) is 1.09. The number of amides is 2. The lowest BCUT2D eigenvalue weighted by Gasteiger charge is -2.19. The van der Waals surface area contributed by atoms with Gasteiger partial charge in [-0.1, -0.05) is 23.7 Å². The van der Waals surface area contributed by atoms with E-state index in [1.54, 1.807) is 17.0 Å². The summed E-state index contributed by atoms with van der Waals surface area (Å²) >= 11 is 5.97. The average molecular weight is 399 g/mol. The van der Waals surface area contributed by atoms with Gasteiger partial charge in [-0.05, 0) is 67.1 Å². The number of carbonyl (C=O) groups is 2. The summed E-state index contributed by atoms with van der Waals surface area (Å²) < 4.78 is 5.63. The van der Waals surface area contributed by atoms with Crippen LogP contribution in [-0.2, 0) is 9.59 Å². The third-order valence-corrected chi connectivity index (χ3v) is 5.48. The van der Waals surface area contributed by atoms with E-state index in [-0.39, 0.29) is 24.5 Å². The quantitative estimate of drug-likeness (QED) is 0.763. The molecule has 1 aliphatic heterocycles. The van der Waals surface area contributed by atoms with E-state index in [2.05, 4.69) is 5.32 Å². The predicted molar refractivity (Wildman–Crippen MR) is 109 cm³/mol. The molecule has 0 radical (unpaired) electrons. The second kappa shape index (κ2) is 8.23. The highest BCUT2D eigenvalue weighted by molar-refractivity contribution is 6.30. The summed E-state index contributed by atoms with van der Waals surface area (Å²) in [6, 6.07) is 14.9. The fourth-order valence-corrected chi connectivity index (χ4v) is 3.71. The van der Waals surface area contributed by atoms with Crippen molar-refractivity contribution in [2.75, 3.05) is 18.1 Å². The molecular formula is C22H23ClN2O3. The SMILES string of the molecule is O=C(COc1ccc(N2CCCC2=O)cc1)NC(c1ccc(Cl)cc1)C1CC1. The Morgan fingerprint density at radius 2 is 1.86 bits per heavy atom. The van der Waals surface area contributed by atoms with E-state index < -0.39 is 0 Å². The largest absolute Gasteiger partial charge is 0.484 e. The lowest BCUT2D eigenvalue weighted by Crippen LogP contribution is -2.33. The topological polar surface area (TPSA) is 58.6 Å². The summed E-state index contributed by atoms with van der Waals surface area (Å²) in [6.45, 7) is 0.716. The number of benzene rings is 2. The number of anilines is 1. The van der Waals surface area contributed by atoms with Crippen LogP contribution >= 0.6 is 11.6 Å². The number of rotatable bonds is 7. The van der Waals surface area contributed by atoms with Crippen LogP contribution in [0.2, 0.25) is 5.02 Å². The van der Waals surface area contributed by atoms with Crippen LogP contribution in [0.4, 0.5) is 5.69 Å². The summed E-state index contributed by atoms with van der Waals surface area (Å²) in [7, 11) is 0. The standard InChI is InChI=1S/C22H23ClN2O3/c23-17-7-5-16(6-8-17)22(15-3-4-15)24-20(26)14-28-19-11-9-18(10-12-19)25-13-1-2-21(25)27/h5-12,15,22H,1-4,13-14H2,(H,24,26). The molecule has 1 heterocycles. The number of hydrogen-bond acceptors (Lipinski definition) is 3. The van der Waals surface area contributed by atoms with Gasteiger partial charge in [-0.2, -0.15) is 0 Å². The Morgan fingerprint density at radius 3 is 2.46 bits per heavy atom. The van der Waals surface area contributed by atoms with Crippen LogP contribution in [0, 0.1) is 5.92 Å². The summed E-state index contributed by atoms with van der Waals surface area (Å²) in [5, 5.41) is 3.77. The molecule has 1 saturated heterocycles. The molecule has 2 fully saturated rings. The molecule has 2 amide bonds. The normalized spacial score (nSPS) is 17.5. The maximum Gasteiger partial charge on any atom is 0.258 e. The van der Waals surface area contributed by atoms with Crippen LogP contribution in [0.15, 0.2) is 48.5 Å². The van der Waals surface area contributed by atoms with E-state index in [4.69, 9.17) is 16.3 Å². The highest BCUT2D eigenvalue weighted by Gasteiger charge is 2.33. The zero-order valence-electron chi connectivity index (χ0n) is 15.6. The molecule has 28 heavy (non-hydrogen) atoms. The number of nitrogens with one attached hydrogen (secondary N) is 1. The van der Waals surface area contributed by atoms with Gasteiger partial charge in [0.2, 0.25) is 5.91 Å². The molecule has 2 aromatic rings. The van der Waals surface area contributed by atoms with E-state index in [1.165, 1.54) is 0 Å². The molecule has 0 bridgehead atoms. The molecule has 0 aromatic heterocycles. The second-order valence-corrected chi connectivity index (χ2v) is 7.80. The molecule has 1 saturated carbocycles. The molecule has 1 atom stereocenters. The zero-order valence-corrected chi connectivity index (χ0v) is 16.3. The van der Waals surface area contributed by atoms with Crippen molar-refractivity contribution < 1.29 is 14.3 Å². The first-order valence-electron chi connectivity index (χ1n) is 9.68. The van der Waals surface area contributed by atoms with E-state index >= 15 is 0 Å². The number of carbonyl (C=O) groups excluding carboxylic acids is 2. The molecule has 6 heteroatoms. The molecule has 4 rings (SSSR count). The van der Waals surface area contributed by atoms with Crippen LogP contribution in [0.25, 0.3) is 0 Å². The van der Waals surface area contributed by atoms with Gasteiger partial charge in [0.05, 0.1) is 6.04 Å². The smallest absolute Gasteiger partial charge is 0.258 e.